The number of nitrogens with zero attached hydrogens (tertiary/aromatic N) is 4. The first-order valence-electron chi connectivity index (χ1n) is 15.2. The molecule has 1 heterocycles. The Hall–Kier alpha value is -6.12. The Morgan fingerprint density at radius 1 is 0.918 bits per heavy atom. The van der Waals surface area contributed by atoms with Crippen molar-refractivity contribution in [3.05, 3.63) is 127 Å². The van der Waals surface area contributed by atoms with Gasteiger partial charge < -0.3 is 20.1 Å². The summed E-state index contributed by atoms with van der Waals surface area (Å²) in [5.74, 6) is -0.928. The Balaban J connectivity index is 1.40. The van der Waals surface area contributed by atoms with Crippen LogP contribution in [0.15, 0.2) is 79.3 Å². The zero-order chi connectivity index (χ0) is 35.7. The minimum absolute atomic E-state index is 0.0146. The van der Waals surface area contributed by atoms with Gasteiger partial charge in [-0.2, -0.15) is 0 Å². The summed E-state index contributed by atoms with van der Waals surface area (Å²) in [5, 5.41) is 28.1. The highest BCUT2D eigenvalue weighted by Gasteiger charge is 2.28. The van der Waals surface area contributed by atoms with Crippen LogP contribution in [0.3, 0.4) is 0 Å². The van der Waals surface area contributed by atoms with Crippen LogP contribution in [0, 0.1) is 27.2 Å². The number of ether oxygens (including phenoxy) is 2. The first-order valence-corrected chi connectivity index (χ1v) is 15.2. The molecule has 0 radical (unpaired) electrons. The van der Waals surface area contributed by atoms with Gasteiger partial charge in [0.15, 0.2) is 0 Å². The molecule has 0 aliphatic carbocycles. The molecule has 0 spiro atoms. The number of amides is 2. The lowest BCUT2D eigenvalue weighted by Gasteiger charge is -2.22. The number of aryl methyl sites for hydroxylation is 1. The minimum atomic E-state index is -1.25. The van der Waals surface area contributed by atoms with Crippen molar-refractivity contribution in [3.63, 3.8) is 0 Å². The van der Waals surface area contributed by atoms with Gasteiger partial charge in [-0.15, -0.1) is 0 Å². The van der Waals surface area contributed by atoms with Crippen LogP contribution in [0.4, 0.5) is 16.2 Å². The van der Waals surface area contributed by atoms with Crippen LogP contribution < -0.4 is 10.6 Å². The van der Waals surface area contributed by atoms with Crippen LogP contribution in [-0.2, 0) is 45.1 Å². The maximum atomic E-state index is 13.2. The van der Waals surface area contributed by atoms with Gasteiger partial charge in [0.25, 0.3) is 11.4 Å². The van der Waals surface area contributed by atoms with E-state index in [4.69, 9.17) is 9.47 Å². The number of benzene rings is 3. The normalized spacial score (nSPS) is 11.7. The van der Waals surface area contributed by atoms with Crippen molar-refractivity contribution in [3.8, 4) is 5.69 Å². The quantitative estimate of drug-likeness (QED) is 0.110. The Morgan fingerprint density at radius 3 is 2.20 bits per heavy atom. The molecule has 0 bridgehead atoms. The highest BCUT2D eigenvalue weighted by atomic mass is 16.6. The number of imidazole rings is 1. The van der Waals surface area contributed by atoms with E-state index in [1.165, 1.54) is 23.2 Å². The monoisotopic (exact) mass is 672 g/mol. The molecule has 0 unspecified atom stereocenters. The number of nitro groups is 2. The van der Waals surface area contributed by atoms with Crippen molar-refractivity contribution < 1.29 is 33.7 Å². The van der Waals surface area contributed by atoms with Gasteiger partial charge in [-0.05, 0) is 50.5 Å². The number of nitrogens with one attached hydrogen (secondary N) is 2. The molecule has 0 fully saturated rings. The van der Waals surface area contributed by atoms with E-state index in [2.05, 4.69) is 15.6 Å². The summed E-state index contributed by atoms with van der Waals surface area (Å²) in [6.07, 6.45) is 1.79. The fourth-order valence-electron chi connectivity index (χ4n) is 4.61. The number of non-ortho nitro benzene ring substituents is 1. The van der Waals surface area contributed by atoms with E-state index in [-0.39, 0.29) is 36.7 Å². The van der Waals surface area contributed by atoms with Crippen molar-refractivity contribution in [1.29, 1.82) is 0 Å². The molecule has 0 saturated heterocycles. The largest absolute Gasteiger partial charge is 0.459 e. The molecule has 15 nitrogen and oxygen atoms in total. The van der Waals surface area contributed by atoms with Gasteiger partial charge in [0.05, 0.1) is 34.4 Å². The van der Waals surface area contributed by atoms with Crippen molar-refractivity contribution in [1.82, 2.24) is 20.2 Å². The Bertz CT molecular complexity index is 1830. The average Bonchev–Trinajstić information content (AvgIpc) is 3.50. The van der Waals surface area contributed by atoms with E-state index in [9.17, 15) is 34.6 Å². The van der Waals surface area contributed by atoms with Crippen LogP contribution in [0.5, 0.6) is 0 Å². The molecule has 4 aromatic rings. The third-order valence-corrected chi connectivity index (χ3v) is 7.05. The third kappa shape index (κ3) is 10.7. The molecular weight excluding hydrogens is 636 g/mol. The second-order valence-corrected chi connectivity index (χ2v) is 12.2. The molecule has 0 saturated carbocycles. The number of hydrogen-bond donors (Lipinski definition) is 2. The van der Waals surface area contributed by atoms with Crippen LogP contribution in [0.2, 0.25) is 0 Å². The van der Waals surface area contributed by atoms with E-state index in [1.807, 2.05) is 31.2 Å². The molecule has 0 aliphatic rings. The Labute approximate surface area is 281 Å². The van der Waals surface area contributed by atoms with Gasteiger partial charge in [0.1, 0.15) is 23.9 Å². The zero-order valence-corrected chi connectivity index (χ0v) is 27.4. The van der Waals surface area contributed by atoms with Gasteiger partial charge in [-0.25, -0.2) is 14.6 Å². The van der Waals surface area contributed by atoms with E-state index >= 15 is 0 Å². The fourth-order valence-corrected chi connectivity index (χ4v) is 4.61. The number of hydrogen-bond acceptors (Lipinski definition) is 10. The number of aromatic nitrogens is 2. The summed E-state index contributed by atoms with van der Waals surface area (Å²) < 4.78 is 12.1. The molecule has 2 N–H and O–H groups in total. The molecule has 1 aromatic heterocycles. The molecular formula is C34H36N6O9. The summed E-state index contributed by atoms with van der Waals surface area (Å²) in [4.78, 5) is 63.7. The van der Waals surface area contributed by atoms with Crippen LogP contribution in [0.25, 0.3) is 5.69 Å². The van der Waals surface area contributed by atoms with Gasteiger partial charge in [0, 0.05) is 25.2 Å². The second-order valence-electron chi connectivity index (χ2n) is 12.2. The first kappa shape index (κ1) is 35.7. The second kappa shape index (κ2) is 15.6. The van der Waals surface area contributed by atoms with Gasteiger partial charge in [0.2, 0.25) is 5.91 Å². The zero-order valence-electron chi connectivity index (χ0n) is 27.4. The van der Waals surface area contributed by atoms with Crippen molar-refractivity contribution >= 4 is 29.3 Å². The smallest absolute Gasteiger partial charge is 0.408 e. The maximum Gasteiger partial charge on any atom is 0.408 e. The lowest BCUT2D eigenvalue weighted by molar-refractivity contribution is -0.394. The number of carbonyl (C=O) groups is 3. The Kier molecular flexibility index (Phi) is 11.4. The third-order valence-electron chi connectivity index (χ3n) is 7.05. The molecule has 256 valence electrons. The number of rotatable bonds is 13. The van der Waals surface area contributed by atoms with Crippen LogP contribution in [-0.4, -0.2) is 49.0 Å². The molecule has 0 aliphatic heterocycles. The lowest BCUT2D eigenvalue weighted by Crippen LogP contribution is -2.45. The summed E-state index contributed by atoms with van der Waals surface area (Å²) in [5.41, 5.74) is 2.00. The van der Waals surface area contributed by atoms with Crippen molar-refractivity contribution in [2.24, 2.45) is 0 Å². The number of carbonyl (C=O) groups excluding carboxylic acids is 3. The highest BCUT2D eigenvalue weighted by Crippen LogP contribution is 2.28. The maximum absolute atomic E-state index is 13.2. The predicted octanol–water partition coefficient (Wildman–Crippen LogP) is 5.04. The summed E-state index contributed by atoms with van der Waals surface area (Å²) in [7, 11) is 0. The first-order chi connectivity index (χ1) is 23.2. The van der Waals surface area contributed by atoms with Crippen molar-refractivity contribution in [2.75, 3.05) is 0 Å². The van der Waals surface area contributed by atoms with Gasteiger partial charge in [-0.3, -0.25) is 29.6 Å². The number of nitro benzene ring substituents is 2. The van der Waals surface area contributed by atoms with Crippen LogP contribution in [0.1, 0.15) is 48.7 Å². The molecule has 49 heavy (non-hydrogen) atoms. The summed E-state index contributed by atoms with van der Waals surface area (Å²) in [6, 6.07) is 16.8. The predicted molar refractivity (Wildman–Crippen MR) is 177 cm³/mol. The fraction of sp³-hybridized carbons (Fsp3) is 0.294. The highest BCUT2D eigenvalue weighted by molar-refractivity contribution is 5.82. The minimum Gasteiger partial charge on any atom is -0.459 e. The molecule has 4 rings (SSSR count). The summed E-state index contributed by atoms with van der Waals surface area (Å²) >= 11 is 0. The number of esters is 1. The Morgan fingerprint density at radius 2 is 1.57 bits per heavy atom. The molecule has 2 amide bonds. The average molecular weight is 673 g/mol. The van der Waals surface area contributed by atoms with Gasteiger partial charge >= 0.3 is 12.1 Å². The van der Waals surface area contributed by atoms with E-state index < -0.39 is 44.9 Å². The van der Waals surface area contributed by atoms with E-state index in [0.717, 1.165) is 28.8 Å². The number of alkyl carbamates (subject to hydrolysis) is 1. The van der Waals surface area contributed by atoms with E-state index in [1.54, 1.807) is 45.0 Å². The van der Waals surface area contributed by atoms with Gasteiger partial charge in [-0.1, -0.05) is 54.1 Å². The lowest BCUT2D eigenvalue weighted by atomic mass is 10.1. The standard InChI is InChI=1S/C34H36N6O9/c1-22-5-7-24(8-6-22)18-35-31(41)15-23-9-11-25(12-10-23)20-48-32(42)28(37-33(43)49-34(2,3)4)16-26-19-38(21-36-26)29-14-13-27(39(44)45)17-30(29)40(46)47/h5-14,17,19,21,28H,15-16,18,20H2,1-4H3,(H,35,41)(H,37,43)/t28-/m0/s1. The van der Waals surface area contributed by atoms with Crippen molar-refractivity contribution in [2.45, 2.75) is 65.3 Å². The topological polar surface area (TPSA) is 198 Å². The molecule has 15 heteroatoms. The summed E-state index contributed by atoms with van der Waals surface area (Å²) in [6.45, 7) is 7.27. The van der Waals surface area contributed by atoms with Crippen LogP contribution >= 0.6 is 0 Å². The molecule has 1 atom stereocenters. The molecule has 3 aromatic carbocycles. The SMILES string of the molecule is Cc1ccc(CNC(=O)Cc2ccc(COC(=O)[C@H](Cc3cn(-c4ccc([N+](=O)[O-])cc4[N+](=O)[O-])cn3)NC(=O)OC(C)(C)C)cc2)cc1. The van der Waals surface area contributed by atoms with E-state index in [0.29, 0.717) is 12.1 Å².